The van der Waals surface area contributed by atoms with Crippen LogP contribution < -0.4 is 15.8 Å². The van der Waals surface area contributed by atoms with Crippen LogP contribution in [-0.2, 0) is 9.53 Å². The van der Waals surface area contributed by atoms with E-state index in [0.717, 1.165) is 11.4 Å². The molecule has 0 aliphatic carbocycles. The van der Waals surface area contributed by atoms with Gasteiger partial charge in [-0.15, -0.1) is 0 Å². The van der Waals surface area contributed by atoms with E-state index in [4.69, 9.17) is 15.2 Å². The smallest absolute Gasteiger partial charge is 0.243 e. The first-order valence-electron chi connectivity index (χ1n) is 6.39. The number of rotatable bonds is 4. The van der Waals surface area contributed by atoms with Crippen molar-refractivity contribution >= 4 is 11.6 Å². The van der Waals surface area contributed by atoms with Crippen LogP contribution in [0.15, 0.2) is 24.3 Å². The van der Waals surface area contributed by atoms with Gasteiger partial charge in [-0.25, -0.2) is 0 Å². The molecule has 5 nitrogen and oxygen atoms in total. The highest BCUT2D eigenvalue weighted by Gasteiger charge is 2.40. The number of hydrogen-bond acceptors (Lipinski definition) is 4. The van der Waals surface area contributed by atoms with E-state index in [0.29, 0.717) is 19.4 Å². The first-order chi connectivity index (χ1) is 9.05. The maximum Gasteiger partial charge on any atom is 0.243 e. The second-order valence-corrected chi connectivity index (χ2v) is 4.94. The molecule has 5 heteroatoms. The third-order valence-electron chi connectivity index (χ3n) is 3.49. The molecule has 1 amide bonds. The van der Waals surface area contributed by atoms with Crippen molar-refractivity contribution in [1.82, 2.24) is 0 Å². The summed E-state index contributed by atoms with van der Waals surface area (Å²) in [5.74, 6) is 0.398. The van der Waals surface area contributed by atoms with Gasteiger partial charge in [-0.2, -0.15) is 0 Å². The summed E-state index contributed by atoms with van der Waals surface area (Å²) >= 11 is 0. The van der Waals surface area contributed by atoms with Crippen LogP contribution in [0.3, 0.4) is 0 Å². The normalized spacial score (nSPS) is 26.7. The molecule has 1 heterocycles. The summed E-state index contributed by atoms with van der Waals surface area (Å²) in [4.78, 5) is 11.9. The van der Waals surface area contributed by atoms with Gasteiger partial charge in [-0.05, 0) is 19.1 Å². The number of amides is 1. The fourth-order valence-electron chi connectivity index (χ4n) is 2.46. The Morgan fingerprint density at radius 3 is 3.00 bits per heavy atom. The highest BCUT2D eigenvalue weighted by atomic mass is 16.5. The number of nitrogens with two attached hydrogens (primary N) is 1. The molecular weight excluding hydrogens is 244 g/mol. The van der Waals surface area contributed by atoms with Crippen LogP contribution in [0.2, 0.25) is 0 Å². The lowest BCUT2D eigenvalue weighted by molar-refractivity contribution is -0.127. The first kappa shape index (κ1) is 13.7. The standard InChI is InChI=1S/C14H20N2O3/c1-10-9-14(13(15)17,6-7-19-10)16-11-4-3-5-12(8-11)18-2/h3-5,8,10,16H,6-7,9H2,1-2H3,(H2,15,17). The van der Waals surface area contributed by atoms with Crippen LogP contribution in [-0.4, -0.2) is 31.3 Å². The molecule has 2 unspecified atom stereocenters. The molecule has 0 radical (unpaired) electrons. The second kappa shape index (κ2) is 5.48. The molecule has 2 rings (SSSR count). The minimum atomic E-state index is -0.746. The number of anilines is 1. The zero-order chi connectivity index (χ0) is 13.9. The van der Waals surface area contributed by atoms with Crippen LogP contribution in [0.5, 0.6) is 5.75 Å². The third-order valence-corrected chi connectivity index (χ3v) is 3.49. The third kappa shape index (κ3) is 2.98. The predicted octanol–water partition coefficient (Wildman–Crippen LogP) is 1.53. The Bertz CT molecular complexity index is 464. The number of hydrogen-bond donors (Lipinski definition) is 2. The molecule has 19 heavy (non-hydrogen) atoms. The van der Waals surface area contributed by atoms with E-state index < -0.39 is 5.54 Å². The van der Waals surface area contributed by atoms with Crippen molar-refractivity contribution in [3.63, 3.8) is 0 Å². The van der Waals surface area contributed by atoms with Gasteiger partial charge in [0.25, 0.3) is 0 Å². The molecule has 0 saturated carbocycles. The van der Waals surface area contributed by atoms with Crippen molar-refractivity contribution in [3.05, 3.63) is 24.3 Å². The van der Waals surface area contributed by atoms with Gasteiger partial charge >= 0.3 is 0 Å². The fraction of sp³-hybridized carbons (Fsp3) is 0.500. The molecule has 1 aromatic carbocycles. The van der Waals surface area contributed by atoms with Crippen molar-refractivity contribution < 1.29 is 14.3 Å². The molecule has 2 atom stereocenters. The molecular formula is C14H20N2O3. The zero-order valence-electron chi connectivity index (χ0n) is 11.3. The van der Waals surface area contributed by atoms with Crippen LogP contribution in [0, 0.1) is 0 Å². The van der Waals surface area contributed by atoms with E-state index in [9.17, 15) is 4.79 Å². The highest BCUT2D eigenvalue weighted by molar-refractivity contribution is 5.88. The molecule has 0 aromatic heterocycles. The Labute approximate surface area is 113 Å². The van der Waals surface area contributed by atoms with Crippen LogP contribution >= 0.6 is 0 Å². The molecule has 1 saturated heterocycles. The minimum absolute atomic E-state index is 0.0133. The van der Waals surface area contributed by atoms with E-state index in [1.165, 1.54) is 0 Å². The molecule has 0 bridgehead atoms. The van der Waals surface area contributed by atoms with Gasteiger partial charge < -0.3 is 20.5 Å². The largest absolute Gasteiger partial charge is 0.497 e. The SMILES string of the molecule is COc1cccc(NC2(C(N)=O)CCOC(C)C2)c1. The number of primary amides is 1. The maximum absolute atomic E-state index is 11.9. The summed E-state index contributed by atoms with van der Waals surface area (Å²) in [6, 6.07) is 7.48. The van der Waals surface area contributed by atoms with Gasteiger partial charge in [0.1, 0.15) is 11.3 Å². The topological polar surface area (TPSA) is 73.6 Å². The van der Waals surface area contributed by atoms with Crippen LogP contribution in [0.4, 0.5) is 5.69 Å². The molecule has 1 fully saturated rings. The lowest BCUT2D eigenvalue weighted by Gasteiger charge is -2.38. The minimum Gasteiger partial charge on any atom is -0.497 e. The van der Waals surface area contributed by atoms with Crippen molar-refractivity contribution in [2.75, 3.05) is 19.0 Å². The van der Waals surface area contributed by atoms with Gasteiger partial charge in [0.05, 0.1) is 13.2 Å². The Morgan fingerprint density at radius 1 is 1.58 bits per heavy atom. The van der Waals surface area contributed by atoms with E-state index in [1.807, 2.05) is 31.2 Å². The van der Waals surface area contributed by atoms with Crippen molar-refractivity contribution in [1.29, 1.82) is 0 Å². The maximum atomic E-state index is 11.9. The second-order valence-electron chi connectivity index (χ2n) is 4.94. The Balaban J connectivity index is 2.23. The molecule has 1 aromatic rings. The number of nitrogens with one attached hydrogen (secondary N) is 1. The van der Waals surface area contributed by atoms with Crippen LogP contribution in [0.25, 0.3) is 0 Å². The number of carbonyl (C=O) groups excluding carboxylic acids is 1. The van der Waals surface area contributed by atoms with Gasteiger partial charge in [0, 0.05) is 31.2 Å². The molecule has 1 aliphatic heterocycles. The summed E-state index contributed by atoms with van der Waals surface area (Å²) < 4.78 is 10.7. The number of ether oxygens (including phenoxy) is 2. The predicted molar refractivity (Wildman–Crippen MR) is 73.2 cm³/mol. The average Bonchev–Trinajstić information content (AvgIpc) is 2.38. The lowest BCUT2D eigenvalue weighted by atomic mass is 9.86. The van der Waals surface area contributed by atoms with E-state index >= 15 is 0 Å². The summed E-state index contributed by atoms with van der Waals surface area (Å²) in [6.45, 7) is 2.48. The number of benzene rings is 1. The van der Waals surface area contributed by atoms with Gasteiger partial charge in [0.15, 0.2) is 0 Å². The molecule has 1 aliphatic rings. The molecule has 3 N–H and O–H groups in total. The quantitative estimate of drug-likeness (QED) is 0.865. The summed E-state index contributed by atoms with van der Waals surface area (Å²) in [5, 5.41) is 3.26. The summed E-state index contributed by atoms with van der Waals surface area (Å²) in [7, 11) is 1.61. The lowest BCUT2D eigenvalue weighted by Crippen LogP contribution is -2.55. The van der Waals surface area contributed by atoms with Gasteiger partial charge in [-0.1, -0.05) is 6.07 Å². The van der Waals surface area contributed by atoms with E-state index in [1.54, 1.807) is 7.11 Å². The fourth-order valence-corrected chi connectivity index (χ4v) is 2.46. The zero-order valence-corrected chi connectivity index (χ0v) is 11.3. The van der Waals surface area contributed by atoms with Crippen LogP contribution in [0.1, 0.15) is 19.8 Å². The number of carbonyl (C=O) groups is 1. The molecule has 104 valence electrons. The van der Waals surface area contributed by atoms with Crippen molar-refractivity contribution in [2.24, 2.45) is 5.73 Å². The highest BCUT2D eigenvalue weighted by Crippen LogP contribution is 2.30. The Hall–Kier alpha value is -1.75. The van der Waals surface area contributed by atoms with E-state index in [-0.39, 0.29) is 12.0 Å². The number of methoxy groups -OCH3 is 1. The monoisotopic (exact) mass is 264 g/mol. The van der Waals surface area contributed by atoms with Gasteiger partial charge in [0.2, 0.25) is 5.91 Å². The summed E-state index contributed by atoms with van der Waals surface area (Å²) in [6.07, 6.45) is 1.16. The Morgan fingerprint density at radius 2 is 2.37 bits per heavy atom. The molecule has 0 spiro atoms. The van der Waals surface area contributed by atoms with Crippen molar-refractivity contribution in [2.45, 2.75) is 31.4 Å². The van der Waals surface area contributed by atoms with Gasteiger partial charge in [-0.3, -0.25) is 4.79 Å². The van der Waals surface area contributed by atoms with Crippen molar-refractivity contribution in [3.8, 4) is 5.75 Å². The average molecular weight is 264 g/mol. The summed E-state index contributed by atoms with van der Waals surface area (Å²) in [5.41, 5.74) is 5.67. The Kier molecular flexibility index (Phi) is 3.95. The first-order valence-corrected chi connectivity index (χ1v) is 6.39. The van der Waals surface area contributed by atoms with E-state index in [2.05, 4.69) is 5.32 Å².